The molecule has 3 nitrogen and oxygen atoms in total. The molecule has 2 heterocycles. The van der Waals surface area contributed by atoms with E-state index in [1.807, 2.05) is 12.1 Å². The van der Waals surface area contributed by atoms with Crippen LogP contribution in [0.2, 0.25) is 0 Å². The Hall–Kier alpha value is -1.09. The largest absolute Gasteiger partial charge is 0.468 e. The van der Waals surface area contributed by atoms with Gasteiger partial charge in [-0.15, -0.1) is 0 Å². The Morgan fingerprint density at radius 1 is 1.28 bits per heavy atom. The van der Waals surface area contributed by atoms with Gasteiger partial charge in [-0.05, 0) is 37.2 Å². The van der Waals surface area contributed by atoms with Crippen molar-refractivity contribution >= 4 is 0 Å². The smallest absolute Gasteiger partial charge is 0.217 e. The maximum atomic E-state index is 10.4. The molecule has 0 saturated heterocycles. The number of hydrogen-bond donors (Lipinski definition) is 1. The molecule has 1 aliphatic heterocycles. The van der Waals surface area contributed by atoms with Gasteiger partial charge in [-0.25, -0.2) is 4.98 Å². The number of hydrogen-bond acceptors (Lipinski definition) is 3. The Kier molecular flexibility index (Phi) is 2.63. The molecule has 1 aromatic heterocycles. The summed E-state index contributed by atoms with van der Waals surface area (Å²) in [5.41, 5.74) is 1.01. The minimum Gasteiger partial charge on any atom is -0.468 e. The first-order valence-electron chi connectivity index (χ1n) is 6.82. The molecule has 18 heavy (non-hydrogen) atoms. The van der Waals surface area contributed by atoms with Gasteiger partial charge in [0, 0.05) is 18.2 Å². The number of aliphatic hydroxyl groups excluding tert-OH is 1. The van der Waals surface area contributed by atoms with Crippen LogP contribution in [0.3, 0.4) is 0 Å². The zero-order valence-corrected chi connectivity index (χ0v) is 11.1. The van der Waals surface area contributed by atoms with E-state index in [9.17, 15) is 5.11 Å². The average molecular weight is 247 g/mol. The molecule has 0 radical (unpaired) electrons. The monoisotopic (exact) mass is 247 g/mol. The maximum Gasteiger partial charge on any atom is 0.217 e. The number of rotatable bonds is 0. The van der Waals surface area contributed by atoms with Gasteiger partial charge < -0.3 is 9.84 Å². The van der Waals surface area contributed by atoms with E-state index >= 15 is 0 Å². The van der Waals surface area contributed by atoms with Gasteiger partial charge in [-0.1, -0.05) is 19.9 Å². The molecule has 98 valence electrons. The fourth-order valence-electron chi connectivity index (χ4n) is 3.11. The zero-order valence-electron chi connectivity index (χ0n) is 11.1. The lowest BCUT2D eigenvalue weighted by Gasteiger charge is -2.48. The summed E-state index contributed by atoms with van der Waals surface area (Å²) < 4.78 is 6.10. The van der Waals surface area contributed by atoms with Crippen LogP contribution in [-0.4, -0.2) is 21.8 Å². The summed E-state index contributed by atoms with van der Waals surface area (Å²) in [7, 11) is 0. The van der Waals surface area contributed by atoms with Crippen LogP contribution in [0.25, 0.3) is 0 Å². The van der Waals surface area contributed by atoms with Crippen molar-refractivity contribution in [3.63, 3.8) is 0 Å². The number of pyridine rings is 1. The van der Waals surface area contributed by atoms with Crippen LogP contribution in [0.15, 0.2) is 18.3 Å². The predicted octanol–water partition coefficient (Wildman–Crippen LogP) is 2.72. The number of aliphatic hydroxyl groups is 1. The quantitative estimate of drug-likeness (QED) is 0.766. The SMILES string of the molecule is CC1(C)CCC2(CC1)Oc1ncccc1CC2O. The van der Waals surface area contributed by atoms with Crippen LogP contribution in [0.1, 0.15) is 45.1 Å². The average Bonchev–Trinajstić information content (AvgIpc) is 2.34. The Morgan fingerprint density at radius 2 is 2.00 bits per heavy atom. The second kappa shape index (κ2) is 3.95. The van der Waals surface area contributed by atoms with E-state index in [-0.39, 0.29) is 0 Å². The summed E-state index contributed by atoms with van der Waals surface area (Å²) in [6, 6.07) is 3.89. The molecule has 3 heteroatoms. The summed E-state index contributed by atoms with van der Waals surface area (Å²) in [6.07, 6.45) is 6.10. The number of ether oxygens (including phenoxy) is 1. The van der Waals surface area contributed by atoms with Gasteiger partial charge >= 0.3 is 0 Å². The van der Waals surface area contributed by atoms with Gasteiger partial charge in [0.1, 0.15) is 5.60 Å². The van der Waals surface area contributed by atoms with E-state index in [1.165, 1.54) is 0 Å². The van der Waals surface area contributed by atoms with Crippen LogP contribution < -0.4 is 4.74 Å². The topological polar surface area (TPSA) is 42.4 Å². The van der Waals surface area contributed by atoms with Crippen molar-refractivity contribution in [3.8, 4) is 5.88 Å². The molecule has 0 bridgehead atoms. The lowest BCUT2D eigenvalue weighted by Crippen LogP contribution is -2.54. The summed E-state index contributed by atoms with van der Waals surface area (Å²) in [6.45, 7) is 4.59. The Bertz CT molecular complexity index is 446. The molecule has 1 atom stereocenters. The number of nitrogens with zero attached hydrogens (tertiary/aromatic N) is 1. The Balaban J connectivity index is 1.87. The van der Waals surface area contributed by atoms with Crippen molar-refractivity contribution in [1.29, 1.82) is 0 Å². The van der Waals surface area contributed by atoms with E-state index in [0.29, 0.717) is 11.8 Å². The highest BCUT2D eigenvalue weighted by Crippen LogP contribution is 2.46. The predicted molar refractivity (Wildman–Crippen MR) is 69.6 cm³/mol. The van der Waals surface area contributed by atoms with E-state index in [2.05, 4.69) is 18.8 Å². The van der Waals surface area contributed by atoms with Crippen LogP contribution in [0, 0.1) is 5.41 Å². The summed E-state index contributed by atoms with van der Waals surface area (Å²) >= 11 is 0. The lowest BCUT2D eigenvalue weighted by atomic mass is 9.68. The molecule has 1 N–H and O–H groups in total. The molecule has 1 spiro atoms. The molecule has 0 aromatic carbocycles. The van der Waals surface area contributed by atoms with Gasteiger partial charge in [0.05, 0.1) is 6.10 Å². The van der Waals surface area contributed by atoms with Crippen molar-refractivity contribution in [2.45, 2.75) is 57.7 Å². The molecule has 0 amide bonds. The van der Waals surface area contributed by atoms with E-state index in [4.69, 9.17) is 4.74 Å². The first-order valence-corrected chi connectivity index (χ1v) is 6.82. The molecule has 1 fully saturated rings. The van der Waals surface area contributed by atoms with Crippen LogP contribution in [0.5, 0.6) is 5.88 Å². The standard InChI is InChI=1S/C15H21NO2/c1-14(2)5-7-15(8-6-14)12(17)10-11-4-3-9-16-13(11)18-15/h3-4,9,12,17H,5-8,10H2,1-2H3. The highest BCUT2D eigenvalue weighted by Gasteiger charge is 2.48. The van der Waals surface area contributed by atoms with E-state index < -0.39 is 11.7 Å². The lowest BCUT2D eigenvalue weighted by molar-refractivity contribution is -0.106. The minimum absolute atomic E-state index is 0.374. The highest BCUT2D eigenvalue weighted by molar-refractivity contribution is 5.30. The third kappa shape index (κ3) is 1.91. The minimum atomic E-state index is -0.398. The van der Waals surface area contributed by atoms with Crippen molar-refractivity contribution < 1.29 is 9.84 Å². The van der Waals surface area contributed by atoms with Gasteiger partial charge in [0.15, 0.2) is 0 Å². The van der Waals surface area contributed by atoms with Crippen molar-refractivity contribution in [1.82, 2.24) is 4.98 Å². The van der Waals surface area contributed by atoms with Crippen LogP contribution in [0.4, 0.5) is 0 Å². The molecule has 1 aromatic rings. The van der Waals surface area contributed by atoms with E-state index in [1.54, 1.807) is 6.20 Å². The second-order valence-electron chi connectivity index (χ2n) is 6.52. The van der Waals surface area contributed by atoms with Gasteiger partial charge in [0.2, 0.25) is 5.88 Å². The van der Waals surface area contributed by atoms with Crippen LogP contribution in [-0.2, 0) is 6.42 Å². The summed E-state index contributed by atoms with van der Waals surface area (Å²) in [4.78, 5) is 4.31. The molecule has 1 unspecified atom stereocenters. The highest BCUT2D eigenvalue weighted by atomic mass is 16.5. The number of aromatic nitrogens is 1. The van der Waals surface area contributed by atoms with Crippen molar-refractivity contribution in [2.24, 2.45) is 5.41 Å². The summed E-state index contributed by atoms with van der Waals surface area (Å²) in [5, 5.41) is 10.4. The summed E-state index contributed by atoms with van der Waals surface area (Å²) in [5.74, 6) is 0.725. The third-order valence-electron chi connectivity index (χ3n) is 4.62. The van der Waals surface area contributed by atoms with Gasteiger partial charge in [-0.2, -0.15) is 0 Å². The molecule has 3 rings (SSSR count). The van der Waals surface area contributed by atoms with Crippen molar-refractivity contribution in [2.75, 3.05) is 0 Å². The third-order valence-corrected chi connectivity index (χ3v) is 4.62. The Labute approximate surface area is 108 Å². The normalized spacial score (nSPS) is 28.5. The van der Waals surface area contributed by atoms with Gasteiger partial charge in [-0.3, -0.25) is 0 Å². The van der Waals surface area contributed by atoms with Gasteiger partial charge in [0.25, 0.3) is 0 Å². The maximum absolute atomic E-state index is 10.4. The molecule has 2 aliphatic rings. The first-order chi connectivity index (χ1) is 8.51. The number of fused-ring (bicyclic) bond motifs is 1. The first kappa shape index (κ1) is 12.0. The van der Waals surface area contributed by atoms with Crippen LogP contribution >= 0.6 is 0 Å². The Morgan fingerprint density at radius 3 is 2.72 bits per heavy atom. The fourth-order valence-corrected chi connectivity index (χ4v) is 3.11. The zero-order chi connectivity index (χ0) is 12.8. The molecular formula is C15H21NO2. The van der Waals surface area contributed by atoms with Crippen molar-refractivity contribution in [3.05, 3.63) is 23.9 Å². The fraction of sp³-hybridized carbons (Fsp3) is 0.667. The second-order valence-corrected chi connectivity index (χ2v) is 6.52. The molecule has 1 aliphatic carbocycles. The molecule has 1 saturated carbocycles. The molecular weight excluding hydrogens is 226 g/mol. The van der Waals surface area contributed by atoms with E-state index in [0.717, 1.165) is 37.1 Å².